The van der Waals surface area contributed by atoms with E-state index in [4.69, 9.17) is 14.9 Å². The van der Waals surface area contributed by atoms with Crippen molar-refractivity contribution in [3.8, 4) is 0 Å². The van der Waals surface area contributed by atoms with Crippen LogP contribution in [0.5, 0.6) is 0 Å². The third-order valence-corrected chi connectivity index (χ3v) is 1.38. The van der Waals surface area contributed by atoms with Crippen LogP contribution in [0.15, 0.2) is 0 Å². The number of rotatable bonds is 5. The van der Waals surface area contributed by atoms with Crippen molar-refractivity contribution in [3.05, 3.63) is 0 Å². The third kappa shape index (κ3) is 22.6. The molecule has 2 unspecified atom stereocenters. The van der Waals surface area contributed by atoms with Gasteiger partial charge in [-0.2, -0.15) is 0 Å². The van der Waals surface area contributed by atoms with Gasteiger partial charge in [0.15, 0.2) is 0 Å². The molecule has 0 amide bonds. The normalized spacial score (nSPS) is 14.6. The maximum Gasteiger partial charge on any atom is 0.0745 e. The quantitative estimate of drug-likeness (QED) is 0.721. The minimum atomic E-state index is -0.319. The van der Waals surface area contributed by atoms with Crippen LogP contribution in [0.25, 0.3) is 0 Å². The van der Waals surface area contributed by atoms with E-state index >= 15 is 0 Å². The Balaban J connectivity index is 0. The second kappa shape index (κ2) is 11.0. The SMILES string of the molecule is CC(C)CC(C)O.CCOCC(C)O. The molecule has 0 spiro atoms. The lowest BCUT2D eigenvalue weighted by Gasteiger charge is -2.04. The fraction of sp³-hybridized carbons (Fsp3) is 1.00. The Bertz CT molecular complexity index is 94.7. The number of aliphatic hydroxyl groups is 2. The molecule has 3 heteroatoms. The van der Waals surface area contributed by atoms with Gasteiger partial charge in [-0.05, 0) is 33.1 Å². The van der Waals surface area contributed by atoms with Crippen molar-refractivity contribution < 1.29 is 14.9 Å². The molecule has 2 N–H and O–H groups in total. The van der Waals surface area contributed by atoms with Crippen LogP contribution in [0.1, 0.15) is 41.0 Å². The number of aliphatic hydroxyl groups excluding tert-OH is 2. The van der Waals surface area contributed by atoms with Crippen molar-refractivity contribution in [2.75, 3.05) is 13.2 Å². The van der Waals surface area contributed by atoms with Crippen LogP contribution in [-0.2, 0) is 4.74 Å². The first-order chi connectivity index (χ1) is 6.40. The molecule has 0 heterocycles. The van der Waals surface area contributed by atoms with Crippen LogP contribution in [0, 0.1) is 5.92 Å². The summed E-state index contributed by atoms with van der Waals surface area (Å²) in [6, 6.07) is 0. The van der Waals surface area contributed by atoms with Crippen molar-refractivity contribution in [2.45, 2.75) is 53.2 Å². The van der Waals surface area contributed by atoms with E-state index in [2.05, 4.69) is 13.8 Å². The van der Waals surface area contributed by atoms with E-state index in [-0.39, 0.29) is 12.2 Å². The van der Waals surface area contributed by atoms with Gasteiger partial charge in [0.25, 0.3) is 0 Å². The number of ether oxygens (including phenoxy) is 1. The zero-order valence-electron chi connectivity index (χ0n) is 10.2. The summed E-state index contributed by atoms with van der Waals surface area (Å²) in [5.74, 6) is 0.625. The highest BCUT2D eigenvalue weighted by Crippen LogP contribution is 2.01. The van der Waals surface area contributed by atoms with Crippen LogP contribution >= 0.6 is 0 Å². The Hall–Kier alpha value is -0.120. The van der Waals surface area contributed by atoms with E-state index in [1.807, 2.05) is 13.8 Å². The Kier molecular flexibility index (Phi) is 12.8. The summed E-state index contributed by atoms with van der Waals surface area (Å²) >= 11 is 0. The minimum absolute atomic E-state index is 0.125. The van der Waals surface area contributed by atoms with Crippen LogP contribution in [0.2, 0.25) is 0 Å². The fourth-order valence-corrected chi connectivity index (χ4v) is 0.971. The highest BCUT2D eigenvalue weighted by Gasteiger charge is 1.97. The molecule has 0 fully saturated rings. The fourth-order valence-electron chi connectivity index (χ4n) is 0.971. The van der Waals surface area contributed by atoms with Crippen LogP contribution in [-0.4, -0.2) is 35.6 Å². The Morgan fingerprint density at radius 2 is 1.50 bits per heavy atom. The highest BCUT2D eigenvalue weighted by molar-refractivity contribution is 4.49. The zero-order chi connectivity index (χ0) is 11.6. The second-order valence-electron chi connectivity index (χ2n) is 3.99. The first-order valence-electron chi connectivity index (χ1n) is 5.34. The zero-order valence-corrected chi connectivity index (χ0v) is 10.2. The molecule has 2 atom stereocenters. The predicted molar refractivity (Wildman–Crippen MR) is 59.3 cm³/mol. The van der Waals surface area contributed by atoms with Gasteiger partial charge < -0.3 is 14.9 Å². The highest BCUT2D eigenvalue weighted by atomic mass is 16.5. The van der Waals surface area contributed by atoms with Gasteiger partial charge in [0, 0.05) is 6.61 Å². The summed E-state index contributed by atoms with van der Waals surface area (Å²) in [6.45, 7) is 10.8. The maximum atomic E-state index is 8.72. The van der Waals surface area contributed by atoms with Gasteiger partial charge in [0.2, 0.25) is 0 Å². The molecule has 14 heavy (non-hydrogen) atoms. The monoisotopic (exact) mass is 206 g/mol. The van der Waals surface area contributed by atoms with Gasteiger partial charge in [-0.3, -0.25) is 0 Å². The molecule has 0 saturated carbocycles. The summed E-state index contributed by atoms with van der Waals surface area (Å²) in [5.41, 5.74) is 0. The first-order valence-corrected chi connectivity index (χ1v) is 5.34. The Morgan fingerprint density at radius 3 is 1.57 bits per heavy atom. The third-order valence-electron chi connectivity index (χ3n) is 1.38. The molecule has 0 aromatic carbocycles. The second-order valence-corrected chi connectivity index (χ2v) is 3.99. The standard InChI is InChI=1S/C6H14O.C5H12O2/c1-5(2)4-6(3)7;1-3-7-4-5(2)6/h5-7H,4H2,1-3H3;5-6H,3-4H2,1-2H3. The first kappa shape index (κ1) is 16.3. The largest absolute Gasteiger partial charge is 0.393 e. The van der Waals surface area contributed by atoms with E-state index < -0.39 is 0 Å². The summed E-state index contributed by atoms with van der Waals surface area (Å²) in [7, 11) is 0. The molecular formula is C11H26O3. The van der Waals surface area contributed by atoms with Gasteiger partial charge in [-0.15, -0.1) is 0 Å². The average molecular weight is 206 g/mol. The van der Waals surface area contributed by atoms with Crippen molar-refractivity contribution in [2.24, 2.45) is 5.92 Å². The smallest absolute Gasteiger partial charge is 0.0745 e. The van der Waals surface area contributed by atoms with Gasteiger partial charge in [-0.25, -0.2) is 0 Å². The van der Waals surface area contributed by atoms with E-state index in [9.17, 15) is 0 Å². The summed E-state index contributed by atoms with van der Waals surface area (Å²) in [5, 5.41) is 17.3. The van der Waals surface area contributed by atoms with Gasteiger partial charge in [0.05, 0.1) is 18.8 Å². The molecule has 0 aliphatic rings. The molecule has 0 bridgehead atoms. The van der Waals surface area contributed by atoms with E-state index in [1.54, 1.807) is 6.92 Å². The maximum absolute atomic E-state index is 8.72. The van der Waals surface area contributed by atoms with Crippen LogP contribution in [0.4, 0.5) is 0 Å². The summed E-state index contributed by atoms with van der Waals surface area (Å²) in [4.78, 5) is 0. The lowest BCUT2D eigenvalue weighted by atomic mass is 10.1. The average Bonchev–Trinajstić information content (AvgIpc) is 1.99. The molecule has 0 rings (SSSR count). The molecule has 88 valence electrons. The van der Waals surface area contributed by atoms with Crippen LogP contribution < -0.4 is 0 Å². The van der Waals surface area contributed by atoms with Gasteiger partial charge in [0.1, 0.15) is 0 Å². The number of hydrogen-bond acceptors (Lipinski definition) is 3. The van der Waals surface area contributed by atoms with Crippen molar-refractivity contribution in [1.82, 2.24) is 0 Å². The molecule has 3 nitrogen and oxygen atoms in total. The van der Waals surface area contributed by atoms with E-state index in [0.717, 1.165) is 6.42 Å². The Labute approximate surface area is 88.1 Å². The lowest BCUT2D eigenvalue weighted by Crippen LogP contribution is -2.09. The lowest BCUT2D eigenvalue weighted by molar-refractivity contribution is 0.0527. The van der Waals surface area contributed by atoms with Crippen LogP contribution in [0.3, 0.4) is 0 Å². The molecule has 0 radical (unpaired) electrons. The summed E-state index contributed by atoms with van der Waals surface area (Å²) < 4.78 is 4.84. The Morgan fingerprint density at radius 1 is 1.00 bits per heavy atom. The van der Waals surface area contributed by atoms with Crippen molar-refractivity contribution in [1.29, 1.82) is 0 Å². The molecule has 0 aromatic rings. The van der Waals surface area contributed by atoms with E-state index in [0.29, 0.717) is 19.1 Å². The van der Waals surface area contributed by atoms with E-state index in [1.165, 1.54) is 0 Å². The van der Waals surface area contributed by atoms with Gasteiger partial charge >= 0.3 is 0 Å². The van der Waals surface area contributed by atoms with Gasteiger partial charge in [-0.1, -0.05) is 13.8 Å². The number of hydrogen-bond donors (Lipinski definition) is 2. The topological polar surface area (TPSA) is 49.7 Å². The minimum Gasteiger partial charge on any atom is -0.393 e. The predicted octanol–water partition coefficient (Wildman–Crippen LogP) is 1.82. The van der Waals surface area contributed by atoms with Crippen molar-refractivity contribution >= 4 is 0 Å². The molecule has 0 saturated heterocycles. The molecule has 0 aromatic heterocycles. The van der Waals surface area contributed by atoms with Crippen molar-refractivity contribution in [3.63, 3.8) is 0 Å². The molecular weight excluding hydrogens is 180 g/mol. The summed E-state index contributed by atoms with van der Waals surface area (Å²) in [6.07, 6.45) is 0.472. The molecule has 0 aliphatic heterocycles. The molecule has 0 aliphatic carbocycles.